The highest BCUT2D eigenvalue weighted by atomic mass is 32.2. The zero-order valence-corrected chi connectivity index (χ0v) is 19.8. The monoisotopic (exact) mass is 473 g/mol. The Bertz CT molecular complexity index is 1620. The smallest absolute Gasteiger partial charge is 0.284 e. The Hall–Kier alpha value is -3.43. The molecule has 5 heterocycles. The maximum Gasteiger partial charge on any atom is 0.284 e. The summed E-state index contributed by atoms with van der Waals surface area (Å²) >= 11 is 3.03. The molecule has 0 aliphatic carbocycles. The minimum Gasteiger partial charge on any atom is -0.360 e. The van der Waals surface area contributed by atoms with Gasteiger partial charge in [-0.1, -0.05) is 47.3 Å². The molecule has 0 amide bonds. The molecule has 0 radical (unpaired) electrons. The lowest BCUT2D eigenvalue weighted by molar-refractivity contribution is 0.394. The van der Waals surface area contributed by atoms with E-state index >= 15 is 0 Å². The van der Waals surface area contributed by atoms with Crippen LogP contribution >= 0.6 is 23.1 Å². The molecule has 0 saturated heterocycles. The van der Waals surface area contributed by atoms with E-state index in [9.17, 15) is 4.79 Å². The highest BCUT2D eigenvalue weighted by molar-refractivity contribution is 7.99. The molecule has 6 rings (SSSR count). The molecule has 0 bridgehead atoms. The second-order valence-electron chi connectivity index (χ2n) is 7.96. The summed E-state index contributed by atoms with van der Waals surface area (Å²) in [6, 6.07) is 13.9. The molecule has 9 heteroatoms. The lowest BCUT2D eigenvalue weighted by atomic mass is 10.1. The van der Waals surface area contributed by atoms with Gasteiger partial charge >= 0.3 is 0 Å². The van der Waals surface area contributed by atoms with Crippen LogP contribution in [-0.4, -0.2) is 30.8 Å². The first kappa shape index (κ1) is 20.2. The molecule has 1 aromatic carbocycles. The van der Waals surface area contributed by atoms with Gasteiger partial charge in [-0.25, -0.2) is 4.98 Å². The van der Waals surface area contributed by atoms with E-state index in [-0.39, 0.29) is 5.56 Å². The van der Waals surface area contributed by atoms with Crippen molar-refractivity contribution in [1.29, 1.82) is 0 Å². The quantitative estimate of drug-likeness (QED) is 0.337. The molecule has 0 atom stereocenters. The van der Waals surface area contributed by atoms with E-state index in [0.717, 1.165) is 50.2 Å². The fraction of sp³-hybridized carbons (Fsp3) is 0.167. The Morgan fingerprint density at radius 2 is 1.88 bits per heavy atom. The van der Waals surface area contributed by atoms with E-state index in [1.807, 2.05) is 67.1 Å². The van der Waals surface area contributed by atoms with Crippen molar-refractivity contribution < 1.29 is 4.52 Å². The van der Waals surface area contributed by atoms with Crippen molar-refractivity contribution in [3.8, 4) is 16.9 Å². The van der Waals surface area contributed by atoms with Gasteiger partial charge in [-0.15, -0.1) is 11.3 Å². The summed E-state index contributed by atoms with van der Waals surface area (Å²) in [5.41, 5.74) is 5.63. The molecule has 4 aromatic heterocycles. The lowest BCUT2D eigenvalue weighted by Crippen LogP contribution is -2.25. The van der Waals surface area contributed by atoms with Crippen molar-refractivity contribution in [2.24, 2.45) is 5.10 Å². The molecule has 7 nitrogen and oxygen atoms in total. The predicted octanol–water partition coefficient (Wildman–Crippen LogP) is 5.19. The van der Waals surface area contributed by atoms with Crippen LogP contribution in [0.3, 0.4) is 0 Å². The topological polar surface area (TPSA) is 78.2 Å². The maximum atomic E-state index is 13.6. The van der Waals surface area contributed by atoms with Gasteiger partial charge in [0, 0.05) is 39.7 Å². The fourth-order valence-electron chi connectivity index (χ4n) is 4.26. The Balaban J connectivity index is 1.50. The van der Waals surface area contributed by atoms with Crippen molar-refractivity contribution in [3.05, 3.63) is 80.9 Å². The second-order valence-corrected chi connectivity index (χ2v) is 9.76. The van der Waals surface area contributed by atoms with E-state index in [2.05, 4.69) is 11.2 Å². The van der Waals surface area contributed by atoms with Crippen LogP contribution in [0.5, 0.6) is 0 Å². The van der Waals surface area contributed by atoms with E-state index in [0.29, 0.717) is 16.3 Å². The minimum atomic E-state index is -0.138. The zero-order valence-electron chi connectivity index (χ0n) is 18.2. The Morgan fingerprint density at radius 3 is 2.64 bits per heavy atom. The Morgan fingerprint density at radius 1 is 1.06 bits per heavy atom. The molecule has 0 N–H and O–H groups in total. The first-order valence-corrected chi connectivity index (χ1v) is 12.3. The third kappa shape index (κ3) is 3.19. The first-order valence-electron chi connectivity index (χ1n) is 10.4. The summed E-state index contributed by atoms with van der Waals surface area (Å²) in [5.74, 6) is 2.13. The van der Waals surface area contributed by atoms with E-state index in [1.54, 1.807) is 0 Å². The molecule has 0 fully saturated rings. The predicted molar refractivity (Wildman–Crippen MR) is 132 cm³/mol. The van der Waals surface area contributed by atoms with Crippen LogP contribution in [0.4, 0.5) is 0 Å². The summed E-state index contributed by atoms with van der Waals surface area (Å²) in [6.07, 6.45) is 0. The van der Waals surface area contributed by atoms with Crippen LogP contribution in [0.1, 0.15) is 22.7 Å². The summed E-state index contributed by atoms with van der Waals surface area (Å²) < 4.78 is 8.77. The third-order valence-corrected chi connectivity index (χ3v) is 7.60. The van der Waals surface area contributed by atoms with Gasteiger partial charge < -0.3 is 4.52 Å². The number of thioether (sulfide) groups is 1. The van der Waals surface area contributed by atoms with Gasteiger partial charge in [0.15, 0.2) is 11.0 Å². The normalized spacial score (nSPS) is 13.4. The van der Waals surface area contributed by atoms with Crippen molar-refractivity contribution in [2.45, 2.75) is 25.9 Å². The lowest BCUT2D eigenvalue weighted by Gasteiger charge is -2.16. The first-order chi connectivity index (χ1) is 16.0. The van der Waals surface area contributed by atoms with Crippen molar-refractivity contribution in [1.82, 2.24) is 19.4 Å². The summed E-state index contributed by atoms with van der Waals surface area (Å²) in [7, 11) is 0. The average molecular weight is 474 g/mol. The van der Waals surface area contributed by atoms with Gasteiger partial charge in [-0.05, 0) is 32.4 Å². The van der Waals surface area contributed by atoms with Gasteiger partial charge in [-0.2, -0.15) is 9.78 Å². The largest absolute Gasteiger partial charge is 0.360 e. The SMILES string of the molecule is Cc1cc(-n2c(C)cc(C3=Nn4c(nc5scc(-c6ccccc6)c5c4=O)SC3)c2C)no1. The van der Waals surface area contributed by atoms with Crippen LogP contribution in [0.2, 0.25) is 0 Å². The highest BCUT2D eigenvalue weighted by Gasteiger charge is 2.24. The fourth-order valence-corrected chi connectivity index (χ4v) is 6.13. The van der Waals surface area contributed by atoms with Crippen molar-refractivity contribution in [3.63, 3.8) is 0 Å². The maximum absolute atomic E-state index is 13.6. The Labute approximate surface area is 197 Å². The molecule has 0 spiro atoms. The van der Waals surface area contributed by atoms with Gasteiger partial charge in [-0.3, -0.25) is 9.36 Å². The van der Waals surface area contributed by atoms with Crippen molar-refractivity contribution >= 4 is 39.0 Å². The molecule has 0 unspecified atom stereocenters. The molecular formula is C24H19N5O2S2. The molecule has 5 aromatic rings. The number of nitrogens with zero attached hydrogens (tertiary/aromatic N) is 5. The van der Waals surface area contributed by atoms with Gasteiger partial charge in [0.25, 0.3) is 5.56 Å². The minimum absolute atomic E-state index is 0.138. The summed E-state index contributed by atoms with van der Waals surface area (Å²) in [5, 5.41) is 12.2. The molecular weight excluding hydrogens is 454 g/mol. The molecule has 0 saturated carbocycles. The van der Waals surface area contributed by atoms with Crippen LogP contribution in [0.25, 0.3) is 27.2 Å². The number of thiophene rings is 1. The van der Waals surface area contributed by atoms with Gasteiger partial charge in [0.05, 0.1) is 11.1 Å². The van der Waals surface area contributed by atoms with E-state index < -0.39 is 0 Å². The number of hydrogen-bond donors (Lipinski definition) is 0. The summed E-state index contributed by atoms with van der Waals surface area (Å²) in [6.45, 7) is 5.93. The van der Waals surface area contributed by atoms with Crippen LogP contribution in [0, 0.1) is 20.8 Å². The van der Waals surface area contributed by atoms with Crippen LogP contribution in [0.15, 0.2) is 67.4 Å². The number of aromatic nitrogens is 4. The molecule has 33 heavy (non-hydrogen) atoms. The number of hydrogen-bond acceptors (Lipinski definition) is 7. The molecule has 164 valence electrons. The average Bonchev–Trinajstić information content (AvgIpc) is 3.51. The van der Waals surface area contributed by atoms with Gasteiger partial charge in [0.1, 0.15) is 10.6 Å². The van der Waals surface area contributed by atoms with E-state index in [1.165, 1.54) is 27.8 Å². The second kappa shape index (κ2) is 7.57. The molecule has 1 aliphatic rings. The molecule has 1 aliphatic heterocycles. The van der Waals surface area contributed by atoms with Crippen molar-refractivity contribution in [2.75, 3.05) is 5.75 Å². The Kier molecular flexibility index (Phi) is 4.63. The van der Waals surface area contributed by atoms with Crippen LogP contribution in [-0.2, 0) is 0 Å². The van der Waals surface area contributed by atoms with Crippen LogP contribution < -0.4 is 5.56 Å². The number of aryl methyl sites for hydroxylation is 2. The standard InChI is InChI=1S/C24H19N5O2S2/c1-13-9-17(15(3)28(13)20-10-14(2)31-27-20)19-12-33-24-25-22-21(23(30)29(24)26-19)18(11-32-22)16-7-5-4-6-8-16/h4-11H,12H2,1-3H3. The number of fused-ring (bicyclic) bond motifs is 2. The summed E-state index contributed by atoms with van der Waals surface area (Å²) in [4.78, 5) is 19.1. The number of rotatable bonds is 3. The zero-order chi connectivity index (χ0) is 22.7. The van der Waals surface area contributed by atoms with E-state index in [4.69, 9.17) is 14.6 Å². The highest BCUT2D eigenvalue weighted by Crippen LogP contribution is 2.33. The third-order valence-electron chi connectivity index (χ3n) is 5.79. The number of benzene rings is 1. The van der Waals surface area contributed by atoms with Gasteiger partial charge in [0.2, 0.25) is 0 Å².